The quantitative estimate of drug-likeness (QED) is 0.628. The summed E-state index contributed by atoms with van der Waals surface area (Å²) in [6.45, 7) is 6.44. The molecule has 1 aromatic heterocycles. The van der Waals surface area contributed by atoms with Gasteiger partial charge in [0.05, 0.1) is 11.6 Å². The topological polar surface area (TPSA) is 8.81 Å². The molecule has 114 valence electrons. The predicted molar refractivity (Wildman–Crippen MR) is 93.7 cm³/mol. The van der Waals surface area contributed by atoms with Crippen LogP contribution in [0.4, 0.5) is 0 Å². The van der Waals surface area contributed by atoms with Gasteiger partial charge < -0.3 is 0 Å². The van der Waals surface area contributed by atoms with E-state index in [-0.39, 0.29) is 5.41 Å². The first-order valence-corrected chi connectivity index (χ1v) is 7.99. The van der Waals surface area contributed by atoms with E-state index in [0.29, 0.717) is 6.30 Å². The molecular formula is C21H21N2+. The van der Waals surface area contributed by atoms with Crippen molar-refractivity contribution in [3.8, 4) is 5.69 Å². The third kappa shape index (κ3) is 1.98. The number of hydrogen-bond acceptors (Lipinski definition) is 0. The zero-order valence-electron chi connectivity index (χ0n) is 14.7. The zero-order chi connectivity index (χ0) is 16.9. The van der Waals surface area contributed by atoms with E-state index >= 15 is 0 Å². The Morgan fingerprint density at radius 1 is 1.00 bits per heavy atom. The second kappa shape index (κ2) is 4.95. The van der Waals surface area contributed by atoms with Crippen molar-refractivity contribution in [2.45, 2.75) is 26.2 Å². The maximum absolute atomic E-state index is 8.70. The van der Waals surface area contributed by atoms with Crippen LogP contribution < -0.4 is 4.57 Å². The summed E-state index contributed by atoms with van der Waals surface area (Å²) in [7, 11) is 0. The van der Waals surface area contributed by atoms with Gasteiger partial charge in [-0.15, -0.1) is 0 Å². The van der Waals surface area contributed by atoms with Crippen molar-refractivity contribution in [3.05, 3.63) is 89.5 Å². The van der Waals surface area contributed by atoms with E-state index in [0.717, 1.165) is 11.4 Å². The Hall–Kier alpha value is -2.61. The van der Waals surface area contributed by atoms with Gasteiger partial charge in [0.15, 0.2) is 7.06 Å². The minimum atomic E-state index is -0.213. The third-order valence-corrected chi connectivity index (χ3v) is 4.91. The first kappa shape index (κ1) is 12.9. The van der Waals surface area contributed by atoms with Crippen LogP contribution in [0.3, 0.4) is 0 Å². The Bertz CT molecular complexity index is 953. The molecule has 0 saturated heterocycles. The molecule has 1 aliphatic rings. The van der Waals surface area contributed by atoms with Crippen molar-refractivity contribution in [1.82, 2.24) is 4.57 Å². The number of aryl methyl sites for hydroxylation is 1. The summed E-state index contributed by atoms with van der Waals surface area (Å²) in [6, 6.07) is 18.8. The van der Waals surface area contributed by atoms with Gasteiger partial charge in [0.25, 0.3) is 6.30 Å². The third-order valence-electron chi connectivity index (χ3n) is 4.91. The van der Waals surface area contributed by atoms with Crippen molar-refractivity contribution >= 4 is 6.20 Å². The van der Waals surface area contributed by atoms with Crippen LogP contribution in [0.15, 0.2) is 67.0 Å². The molecule has 0 N–H and O–H groups in total. The van der Waals surface area contributed by atoms with Crippen LogP contribution >= 0.6 is 0 Å². The molecule has 0 bridgehead atoms. The SMILES string of the molecule is [2H]c1n2c(c(C)[n+]1-c1ccccc1C)C(C)(c1ccccc1)C=C2. The van der Waals surface area contributed by atoms with Crippen molar-refractivity contribution in [2.75, 3.05) is 0 Å². The highest BCUT2D eigenvalue weighted by Crippen LogP contribution is 2.39. The van der Waals surface area contributed by atoms with Crippen molar-refractivity contribution in [1.29, 1.82) is 0 Å². The average Bonchev–Trinajstić information content (AvgIpc) is 3.07. The molecule has 0 amide bonds. The fourth-order valence-electron chi connectivity index (χ4n) is 3.62. The van der Waals surface area contributed by atoms with Gasteiger partial charge in [-0.1, -0.05) is 48.5 Å². The van der Waals surface area contributed by atoms with Crippen LogP contribution in [-0.4, -0.2) is 4.57 Å². The Balaban J connectivity index is 1.98. The molecule has 0 spiro atoms. The van der Waals surface area contributed by atoms with Crippen molar-refractivity contribution in [3.63, 3.8) is 0 Å². The largest absolute Gasteiger partial charge is 0.254 e. The van der Waals surface area contributed by atoms with Gasteiger partial charge in [0.1, 0.15) is 11.4 Å². The van der Waals surface area contributed by atoms with Crippen molar-refractivity contribution < 1.29 is 5.94 Å². The summed E-state index contributed by atoms with van der Waals surface area (Å²) in [5, 5.41) is 0. The maximum Gasteiger partial charge on any atom is 0.254 e. The molecule has 0 radical (unpaired) electrons. The average molecular weight is 302 g/mol. The molecule has 2 aromatic carbocycles. The van der Waals surface area contributed by atoms with Gasteiger partial charge in [0, 0.05) is 6.92 Å². The lowest BCUT2D eigenvalue weighted by Crippen LogP contribution is -2.34. The molecule has 0 aliphatic carbocycles. The van der Waals surface area contributed by atoms with Crippen molar-refractivity contribution in [2.24, 2.45) is 0 Å². The Morgan fingerprint density at radius 2 is 1.70 bits per heavy atom. The normalized spacial score (nSPS) is 19.7. The molecule has 1 aliphatic heterocycles. The lowest BCUT2D eigenvalue weighted by Gasteiger charge is -2.20. The number of para-hydroxylation sites is 1. The van der Waals surface area contributed by atoms with Crippen LogP contribution in [-0.2, 0) is 5.41 Å². The first-order chi connectivity index (χ1) is 11.5. The van der Waals surface area contributed by atoms with Gasteiger partial charge in [-0.05, 0) is 37.1 Å². The zero-order valence-corrected chi connectivity index (χ0v) is 13.7. The number of aromatic nitrogens is 2. The summed E-state index contributed by atoms with van der Waals surface area (Å²) in [5.74, 6) is 0. The summed E-state index contributed by atoms with van der Waals surface area (Å²) in [6.07, 6.45) is 4.73. The van der Waals surface area contributed by atoms with Crippen LogP contribution in [0, 0.1) is 13.8 Å². The number of hydrogen-bond donors (Lipinski definition) is 0. The number of allylic oxidation sites excluding steroid dienone is 1. The Kier molecular flexibility index (Phi) is 2.77. The second-order valence-electron chi connectivity index (χ2n) is 6.41. The molecule has 2 heterocycles. The molecule has 1 atom stereocenters. The van der Waals surface area contributed by atoms with Crippen LogP contribution in [0.25, 0.3) is 11.9 Å². The highest BCUT2D eigenvalue weighted by molar-refractivity contribution is 5.53. The minimum absolute atomic E-state index is 0.213. The lowest BCUT2D eigenvalue weighted by molar-refractivity contribution is -0.602. The predicted octanol–water partition coefficient (Wildman–Crippen LogP) is 4.17. The van der Waals surface area contributed by atoms with E-state index in [9.17, 15) is 0 Å². The Morgan fingerprint density at radius 3 is 2.43 bits per heavy atom. The number of benzene rings is 2. The number of imidazole rings is 1. The van der Waals surface area contributed by atoms with Gasteiger partial charge >= 0.3 is 0 Å². The molecule has 0 fully saturated rings. The molecular weight excluding hydrogens is 280 g/mol. The molecule has 4 rings (SSSR count). The van der Waals surface area contributed by atoms with E-state index in [4.69, 9.17) is 1.37 Å². The number of nitrogens with zero attached hydrogens (tertiary/aromatic N) is 2. The smallest absolute Gasteiger partial charge is 0.205 e. The summed E-state index contributed by atoms with van der Waals surface area (Å²) < 4.78 is 12.8. The second-order valence-corrected chi connectivity index (χ2v) is 6.41. The lowest BCUT2D eigenvalue weighted by atomic mass is 9.80. The number of fused-ring (bicyclic) bond motifs is 1. The molecule has 23 heavy (non-hydrogen) atoms. The highest BCUT2D eigenvalue weighted by atomic mass is 15.2. The monoisotopic (exact) mass is 302 g/mol. The molecule has 0 saturated carbocycles. The van der Waals surface area contributed by atoms with E-state index in [2.05, 4.69) is 67.8 Å². The van der Waals surface area contributed by atoms with Crippen LogP contribution in [0.1, 0.15) is 30.8 Å². The van der Waals surface area contributed by atoms with Gasteiger partial charge in [-0.2, -0.15) is 4.57 Å². The summed E-state index contributed by atoms with van der Waals surface area (Å²) in [5.41, 5.74) is 5.57. The first-order valence-electron chi connectivity index (χ1n) is 8.49. The maximum atomic E-state index is 8.70. The van der Waals surface area contributed by atoms with Gasteiger partial charge in [0.2, 0.25) is 0 Å². The number of rotatable bonds is 2. The fraction of sp³-hybridized carbons (Fsp3) is 0.190. The molecule has 1 unspecified atom stereocenters. The van der Waals surface area contributed by atoms with E-state index in [1.165, 1.54) is 16.8 Å². The van der Waals surface area contributed by atoms with E-state index < -0.39 is 0 Å². The van der Waals surface area contributed by atoms with E-state index in [1.807, 2.05) is 29.0 Å². The van der Waals surface area contributed by atoms with Crippen LogP contribution in [0.2, 0.25) is 0 Å². The summed E-state index contributed by atoms with van der Waals surface area (Å²) in [4.78, 5) is 0. The standard InChI is InChI=1S/C21H21N2/c1-16-9-7-8-12-19(16)23-15-22-14-13-21(3,20(22)17(23)2)18-10-5-4-6-11-18/h4-15H,1-3H3/q+1/i15D. The van der Waals surface area contributed by atoms with E-state index in [1.54, 1.807) is 0 Å². The highest BCUT2D eigenvalue weighted by Gasteiger charge is 2.41. The van der Waals surface area contributed by atoms with Crippen LogP contribution in [0.5, 0.6) is 0 Å². The molecule has 2 heteroatoms. The minimum Gasteiger partial charge on any atom is -0.205 e. The van der Waals surface area contributed by atoms with Gasteiger partial charge in [-0.25, -0.2) is 4.57 Å². The van der Waals surface area contributed by atoms with Gasteiger partial charge in [-0.3, -0.25) is 0 Å². The molecule has 2 nitrogen and oxygen atoms in total. The summed E-state index contributed by atoms with van der Waals surface area (Å²) >= 11 is 0. The fourth-order valence-corrected chi connectivity index (χ4v) is 3.62. The Labute approximate surface area is 138 Å². The molecule has 3 aromatic rings.